The smallest absolute Gasteiger partial charge is 0.207 e. The summed E-state index contributed by atoms with van der Waals surface area (Å²) < 4.78 is 541. The Bertz CT molecular complexity index is 5960. The Balaban J connectivity index is 0.000000215. The van der Waals surface area contributed by atoms with Crippen molar-refractivity contribution in [1.29, 1.82) is 0 Å². The Morgan fingerprint density at radius 1 is 0.221 bits per heavy atom. The fraction of sp³-hybridized carbons (Fsp3) is 0.0870. The van der Waals surface area contributed by atoms with Crippen LogP contribution in [0.1, 0.15) is 90.6 Å². The zero-order valence-corrected chi connectivity index (χ0v) is 71.5. The molecule has 0 bridgehead atoms. The SMILES string of the molecule is C=Cc1c(F)c(F)c([B-](c2c(F)c(F)c(C=C)c(F)c2F)(c2c(F)c(F)c(C=C)c(F)c2F)c2c(F)c(F)c(C=C)c(F)c2F)c(F)c1F.C=Cc1c(F)c(F)c([B-](c2c(F)c(F)c(F)c(F)c2F)(c2c(F)c(F)c(F)c(F)c2F)c2c(F)c(F)c(F)c(F)c2F)c(F)c1F.C=Cc1ccc([I+]c2ccc(C(C)C)cc2)cc1.Cc1ccc([I+]c2ccc(C(C)(C)C)cc2)cc1. The van der Waals surface area contributed by atoms with Crippen LogP contribution in [0.2, 0.25) is 0 Å². The molecule has 0 aliphatic carbocycles. The average Bonchev–Trinajstić information content (AvgIpc) is 0.681. The molecule has 0 spiro atoms. The highest BCUT2D eigenvalue weighted by Gasteiger charge is 2.55. The molecule has 0 fully saturated rings. The lowest BCUT2D eigenvalue weighted by Crippen LogP contribution is -3.61. The molecule has 12 aromatic carbocycles. The summed E-state index contributed by atoms with van der Waals surface area (Å²) >= 11 is -0.0899. The van der Waals surface area contributed by atoms with Gasteiger partial charge in [0.25, 0.3) is 0 Å². The van der Waals surface area contributed by atoms with Gasteiger partial charge in [-0.2, -0.15) is 0 Å². The summed E-state index contributed by atoms with van der Waals surface area (Å²) in [4.78, 5) is 0. The van der Waals surface area contributed by atoms with E-state index in [1.807, 2.05) is 6.08 Å². The first-order valence-corrected chi connectivity index (χ1v) is 41.2. The van der Waals surface area contributed by atoms with E-state index in [0.717, 1.165) is 0 Å². The zero-order valence-electron chi connectivity index (χ0n) is 67.2. The first kappa shape index (κ1) is 103. The molecule has 12 rings (SSSR count). The number of benzene rings is 12. The van der Waals surface area contributed by atoms with Crippen molar-refractivity contribution in [3.63, 3.8) is 0 Å². The van der Waals surface area contributed by atoms with Gasteiger partial charge in [0.15, 0.2) is 125 Å². The molecular formula is C92H53B2F35I2. The fourth-order valence-corrected chi connectivity index (χ4v) is 18.6. The molecule has 0 saturated heterocycles. The third-order valence-corrected chi connectivity index (χ3v) is 26.0. The molecular weight excluding hydrogens is 2050 g/mol. The topological polar surface area (TPSA) is 0 Å². The molecule has 686 valence electrons. The summed E-state index contributed by atoms with van der Waals surface area (Å²) in [5, 5.41) is 0. The molecule has 0 amide bonds. The maximum absolute atomic E-state index is 16.1. The van der Waals surface area contributed by atoms with Crippen molar-refractivity contribution >= 4 is 92.5 Å². The highest BCUT2D eigenvalue weighted by molar-refractivity contribution is 7.21. The van der Waals surface area contributed by atoms with E-state index in [2.05, 4.69) is 178 Å². The lowest BCUT2D eigenvalue weighted by molar-refractivity contribution is -0.597. The summed E-state index contributed by atoms with van der Waals surface area (Å²) in [6.45, 7) is 31.1. The van der Waals surface area contributed by atoms with Crippen LogP contribution in [-0.4, -0.2) is 12.3 Å². The van der Waals surface area contributed by atoms with Crippen LogP contribution in [0.5, 0.6) is 0 Å². The molecule has 0 aliphatic heterocycles. The highest BCUT2D eigenvalue weighted by atomic mass is 127. The molecule has 0 atom stereocenters. The number of aryl methyl sites for hydroxylation is 1. The molecule has 0 aromatic heterocycles. The number of rotatable bonds is 19. The first-order chi connectivity index (χ1) is 61.2. The van der Waals surface area contributed by atoms with Gasteiger partial charge >= 0.3 is 42.4 Å². The third-order valence-electron chi connectivity index (χ3n) is 20.7. The van der Waals surface area contributed by atoms with E-state index < -0.39 is 287 Å². The van der Waals surface area contributed by atoms with Crippen molar-refractivity contribution in [3.8, 4) is 0 Å². The molecule has 0 unspecified atom stereocenters. The minimum absolute atomic E-state index is 0.0213. The second-order valence-corrected chi connectivity index (χ2v) is 35.4. The first-order valence-electron chi connectivity index (χ1n) is 36.8. The van der Waals surface area contributed by atoms with Crippen molar-refractivity contribution in [2.75, 3.05) is 0 Å². The van der Waals surface area contributed by atoms with E-state index in [1.54, 1.807) is 0 Å². The molecule has 12 aromatic rings. The van der Waals surface area contributed by atoms with Gasteiger partial charge in [0.2, 0.25) is 0 Å². The normalized spacial score (nSPS) is 11.6. The van der Waals surface area contributed by atoms with Gasteiger partial charge < -0.3 is 0 Å². The van der Waals surface area contributed by atoms with Crippen molar-refractivity contribution in [2.45, 2.75) is 52.9 Å². The van der Waals surface area contributed by atoms with Crippen LogP contribution in [-0.2, 0) is 5.41 Å². The van der Waals surface area contributed by atoms with Gasteiger partial charge in [-0.1, -0.05) is 165 Å². The summed E-state index contributed by atoms with van der Waals surface area (Å²) in [5.74, 6) is -112. The van der Waals surface area contributed by atoms with Gasteiger partial charge in [-0.15, -0.1) is 43.7 Å². The maximum Gasteiger partial charge on any atom is 0.357 e. The van der Waals surface area contributed by atoms with Crippen LogP contribution >= 0.6 is 0 Å². The molecule has 39 heteroatoms. The van der Waals surface area contributed by atoms with E-state index in [-0.39, 0.29) is 78.2 Å². The van der Waals surface area contributed by atoms with Crippen molar-refractivity contribution in [3.05, 3.63) is 404 Å². The Morgan fingerprint density at radius 3 is 0.550 bits per heavy atom. The van der Waals surface area contributed by atoms with E-state index in [4.69, 9.17) is 0 Å². The highest BCUT2D eigenvalue weighted by Crippen LogP contribution is 2.37. The molecule has 0 heterocycles. The Hall–Kier alpha value is -11.8. The number of hydrogen-bond donors (Lipinski definition) is 0. The van der Waals surface area contributed by atoms with Crippen LogP contribution in [0.15, 0.2) is 137 Å². The van der Waals surface area contributed by atoms with E-state index >= 15 is 114 Å². The van der Waals surface area contributed by atoms with Gasteiger partial charge in [-0.05, 0) is 83.5 Å². The lowest BCUT2D eigenvalue weighted by atomic mass is 9.12. The molecule has 0 saturated carbocycles. The minimum atomic E-state index is -7.09. The van der Waals surface area contributed by atoms with Crippen LogP contribution < -0.4 is 86.1 Å². The zero-order chi connectivity index (χ0) is 98.4. The molecule has 0 N–H and O–H groups in total. The second kappa shape index (κ2) is 40.1. The minimum Gasteiger partial charge on any atom is -0.207 e. The van der Waals surface area contributed by atoms with Crippen molar-refractivity contribution in [2.24, 2.45) is 0 Å². The quantitative estimate of drug-likeness (QED) is 0.0249. The van der Waals surface area contributed by atoms with Crippen molar-refractivity contribution < 1.29 is 196 Å². The summed E-state index contributed by atoms with van der Waals surface area (Å²) in [7, 11) is 0. The molecule has 0 aliphatic rings. The van der Waals surface area contributed by atoms with Gasteiger partial charge in [0, 0.05) is 0 Å². The Morgan fingerprint density at radius 2 is 0.382 bits per heavy atom. The standard InChI is InChI=1S/C32H12BF16.C26H3BF19.C17H20I.C17H18I/c1-5-9-17(34)25(42)13(26(43)18(9)35)33(14-27(44)19(36)10(6-2)20(37)28(14)45,15-29(46)21(38)11(7-3)22(39)30(15)47)16-31(48)23(40)12(8-4)24(41)32(16)49;1-2-3-8(28)10(30)4(11(31)9(3)29)27(5-12(32)18(38)24(44)19(39)13(5)33,6-14(34)20(40)25(45)21(41)15(6)35)7-16(36)22(42)26(46)23(43)17(7)37;1-13-5-9-15(10-6-13)18-16-11-7-14(8-12-16)17(2,3)4;1-4-14-5-9-16(10-6-14)18-17-11-7-15(8-12-17)13(2)3/h5-8H,1-4H2;2H,1H2;5-12H,1-4H3;4-13H,1H2,2-3H3/q2*-1;2*+1. The van der Waals surface area contributed by atoms with E-state index in [9.17, 15) is 39.5 Å². The van der Waals surface area contributed by atoms with Crippen LogP contribution in [0.3, 0.4) is 0 Å². The number of hydrogen-bond acceptors (Lipinski definition) is 0. The third kappa shape index (κ3) is 18.0. The fourth-order valence-electron chi connectivity index (χ4n) is 14.3. The van der Waals surface area contributed by atoms with Crippen LogP contribution in [0.4, 0.5) is 154 Å². The van der Waals surface area contributed by atoms with E-state index in [0.29, 0.717) is 5.92 Å². The molecule has 131 heavy (non-hydrogen) atoms. The van der Waals surface area contributed by atoms with E-state index in [1.165, 1.54) is 36.5 Å². The van der Waals surface area contributed by atoms with Gasteiger partial charge in [-0.3, -0.25) is 0 Å². The van der Waals surface area contributed by atoms with Gasteiger partial charge in [0.1, 0.15) is 105 Å². The lowest BCUT2D eigenvalue weighted by Gasteiger charge is -2.45. The summed E-state index contributed by atoms with van der Waals surface area (Å²) in [6.07, 6.45) is -11.9. The predicted molar refractivity (Wildman–Crippen MR) is 417 cm³/mol. The van der Waals surface area contributed by atoms with Crippen LogP contribution in [0.25, 0.3) is 36.5 Å². The maximum atomic E-state index is 16.1. The average molecular weight is 2100 g/mol. The Kier molecular flexibility index (Phi) is 31.5. The van der Waals surface area contributed by atoms with Gasteiger partial charge in [0.05, 0.1) is 27.8 Å². The summed E-state index contributed by atoms with van der Waals surface area (Å²) in [6, 6.07) is 35.9. The second-order valence-electron chi connectivity index (χ2n) is 29.3. The van der Waals surface area contributed by atoms with Crippen molar-refractivity contribution in [1.82, 2.24) is 0 Å². The monoisotopic (exact) mass is 2100 g/mol. The summed E-state index contributed by atoms with van der Waals surface area (Å²) in [5.41, 5.74) is -29.9. The molecule has 0 radical (unpaired) electrons. The Labute approximate surface area is 741 Å². The number of halogens is 37. The predicted octanol–water partition coefficient (Wildman–Crippen LogP) is 17.2. The molecule has 0 nitrogen and oxygen atoms in total. The largest absolute Gasteiger partial charge is 0.357 e. The van der Waals surface area contributed by atoms with Crippen LogP contribution in [0, 0.1) is 225 Å². The van der Waals surface area contributed by atoms with Gasteiger partial charge in [-0.25, -0.2) is 154 Å².